The number of hydrogen-bond donors (Lipinski definition) is 5. The molecule has 3 heterocycles. The van der Waals surface area contributed by atoms with E-state index in [1.807, 2.05) is 0 Å². The van der Waals surface area contributed by atoms with Crippen LogP contribution >= 0.6 is 27.2 Å². The van der Waals surface area contributed by atoms with Crippen LogP contribution in [0.3, 0.4) is 0 Å². The predicted molar refractivity (Wildman–Crippen MR) is 116 cm³/mol. The highest BCUT2D eigenvalue weighted by atomic mass is 35.5. The third-order valence-electron chi connectivity index (χ3n) is 4.77. The normalized spacial score (nSPS) is 26.0. The van der Waals surface area contributed by atoms with Gasteiger partial charge >= 0.3 is 15.6 Å². The van der Waals surface area contributed by atoms with E-state index >= 15 is 0 Å². The maximum atomic E-state index is 12.1. The number of halogens is 1. The molecule has 2 unspecified atom stereocenters. The van der Waals surface area contributed by atoms with Crippen LogP contribution in [0.25, 0.3) is 11.2 Å². The first-order chi connectivity index (χ1) is 16.3. The highest BCUT2D eigenvalue weighted by Gasteiger charge is 2.46. The lowest BCUT2D eigenvalue weighted by molar-refractivity contribution is -0.117. The van der Waals surface area contributed by atoms with Gasteiger partial charge in [0.25, 0.3) is 5.56 Å². The van der Waals surface area contributed by atoms with Gasteiger partial charge in [0.2, 0.25) is 0 Å². The van der Waals surface area contributed by atoms with Crippen LogP contribution in [0.15, 0.2) is 11.1 Å². The Balaban J connectivity index is 1.60. The van der Waals surface area contributed by atoms with E-state index < -0.39 is 59.0 Å². The molecule has 0 radical (unpaired) electrons. The molecule has 1 aliphatic rings. The average molecular weight is 561 g/mol. The molecule has 2 aromatic rings. The Bertz CT molecular complexity index is 1220. The standard InChI is InChI=1S/C16H23ClN4O12P2/c1-8-19-14-11(15(25)20-8)18-7-21(14)16-13(24)12(23)10(32-16)6-31-35(28,29)33-34(26,27)30-4-2-3-9(22)5-17/h7,10,12-13,16,23-24H,2-6H2,1H3,(H,26,27)(H,28,29)(H,19,20,25)/t10-,12-,13-,16-/m1/s1. The SMILES string of the molecule is Cc1nc2c(ncn2[C@@H]2O[C@H](COP(=O)(O)OP(=O)(O)OCCCC(=O)CCl)[C@@H](O)[C@H]2O)c(=O)[nH]1. The van der Waals surface area contributed by atoms with Crippen LogP contribution in [0.2, 0.25) is 0 Å². The number of phosphoric ester groups is 2. The molecule has 1 aliphatic heterocycles. The number of carbonyl (C=O) groups is 1. The number of alkyl halides is 1. The number of aromatic amines is 1. The van der Waals surface area contributed by atoms with Gasteiger partial charge in [0.15, 0.2) is 17.4 Å². The van der Waals surface area contributed by atoms with E-state index in [4.69, 9.17) is 16.3 Å². The molecular formula is C16H23ClN4O12P2. The number of carbonyl (C=O) groups excluding carboxylic acids is 1. The van der Waals surface area contributed by atoms with E-state index in [0.29, 0.717) is 0 Å². The van der Waals surface area contributed by atoms with Gasteiger partial charge in [-0.05, 0) is 13.3 Å². The number of rotatable bonds is 12. The van der Waals surface area contributed by atoms with Crippen molar-refractivity contribution < 1.29 is 52.0 Å². The van der Waals surface area contributed by atoms with Crippen LogP contribution in [0, 0.1) is 6.92 Å². The number of nitrogens with one attached hydrogen (secondary N) is 1. The molecule has 35 heavy (non-hydrogen) atoms. The molecule has 19 heteroatoms. The summed E-state index contributed by atoms with van der Waals surface area (Å²) < 4.78 is 44.0. The number of Topliss-reactive ketones (excluding diaryl/α,β-unsaturated/α-hetero) is 1. The van der Waals surface area contributed by atoms with Crippen molar-refractivity contribution in [3.05, 3.63) is 22.5 Å². The maximum absolute atomic E-state index is 12.1. The molecule has 1 fully saturated rings. The zero-order valence-corrected chi connectivity index (χ0v) is 20.6. The van der Waals surface area contributed by atoms with Crippen molar-refractivity contribution in [3.8, 4) is 0 Å². The molecule has 16 nitrogen and oxygen atoms in total. The molecule has 0 spiro atoms. The van der Waals surface area contributed by atoms with Crippen molar-refractivity contribution in [2.24, 2.45) is 0 Å². The lowest BCUT2D eigenvalue weighted by Crippen LogP contribution is -2.33. The van der Waals surface area contributed by atoms with Crippen LogP contribution in [-0.2, 0) is 32.0 Å². The molecular weight excluding hydrogens is 538 g/mol. The highest BCUT2D eigenvalue weighted by Crippen LogP contribution is 2.60. The van der Waals surface area contributed by atoms with Crippen molar-refractivity contribution in [3.63, 3.8) is 0 Å². The van der Waals surface area contributed by atoms with E-state index in [1.165, 1.54) is 11.5 Å². The zero-order valence-electron chi connectivity index (χ0n) is 18.1. The minimum atomic E-state index is -5.19. The summed E-state index contributed by atoms with van der Waals surface area (Å²) >= 11 is 5.32. The first-order valence-electron chi connectivity index (χ1n) is 10.0. The maximum Gasteiger partial charge on any atom is 0.481 e. The Labute approximate surface area is 202 Å². The van der Waals surface area contributed by atoms with Gasteiger partial charge in [0.05, 0.1) is 25.4 Å². The summed E-state index contributed by atoms with van der Waals surface area (Å²) in [6.07, 6.45) is -4.75. The van der Waals surface area contributed by atoms with Gasteiger partial charge in [-0.25, -0.2) is 19.1 Å². The highest BCUT2D eigenvalue weighted by molar-refractivity contribution is 7.61. The van der Waals surface area contributed by atoms with Crippen LogP contribution in [-0.4, -0.2) is 82.7 Å². The second-order valence-corrected chi connectivity index (χ2v) is 10.8. The average Bonchev–Trinajstić information content (AvgIpc) is 3.30. The van der Waals surface area contributed by atoms with E-state index in [9.17, 15) is 38.7 Å². The summed E-state index contributed by atoms with van der Waals surface area (Å²) in [4.78, 5) is 53.0. The first kappa shape index (κ1) is 28.0. The fourth-order valence-corrected chi connectivity index (χ4v) is 5.43. The lowest BCUT2D eigenvalue weighted by atomic mass is 10.1. The number of ether oxygens (including phenoxy) is 1. The molecule has 0 saturated carbocycles. The number of aliphatic hydroxyl groups is 2. The summed E-state index contributed by atoms with van der Waals surface area (Å²) in [6, 6.07) is 0. The molecule has 5 N–H and O–H groups in total. The van der Waals surface area contributed by atoms with Gasteiger partial charge in [-0.15, -0.1) is 11.6 Å². The lowest BCUT2D eigenvalue weighted by Gasteiger charge is -2.19. The van der Waals surface area contributed by atoms with Gasteiger partial charge in [-0.2, -0.15) is 4.31 Å². The zero-order chi connectivity index (χ0) is 26.0. The van der Waals surface area contributed by atoms with Gasteiger partial charge in [-0.1, -0.05) is 0 Å². The number of aromatic nitrogens is 4. The molecule has 0 aliphatic carbocycles. The Morgan fingerprint density at radius 3 is 2.63 bits per heavy atom. The van der Waals surface area contributed by atoms with Crippen molar-refractivity contribution in [2.45, 2.75) is 44.3 Å². The van der Waals surface area contributed by atoms with Crippen molar-refractivity contribution in [1.82, 2.24) is 19.5 Å². The van der Waals surface area contributed by atoms with E-state index in [2.05, 4.69) is 28.3 Å². The second kappa shape index (κ2) is 11.2. The largest absolute Gasteiger partial charge is 0.481 e. The van der Waals surface area contributed by atoms with Gasteiger partial charge < -0.3 is 29.7 Å². The number of nitrogens with zero attached hydrogens (tertiary/aromatic N) is 3. The Morgan fingerprint density at radius 1 is 1.26 bits per heavy atom. The monoisotopic (exact) mass is 560 g/mol. The Kier molecular flexibility index (Phi) is 9.00. The molecule has 3 rings (SSSR count). The Morgan fingerprint density at radius 2 is 1.94 bits per heavy atom. The number of H-pyrrole nitrogens is 1. The smallest absolute Gasteiger partial charge is 0.387 e. The summed E-state index contributed by atoms with van der Waals surface area (Å²) in [5, 5.41) is 20.7. The molecule has 6 atom stereocenters. The molecule has 196 valence electrons. The molecule has 1 saturated heterocycles. The number of phosphoric acid groups is 2. The number of aliphatic hydroxyl groups excluding tert-OH is 2. The second-order valence-electron chi connectivity index (χ2n) is 7.45. The van der Waals surface area contributed by atoms with E-state index in [-0.39, 0.29) is 41.5 Å². The third-order valence-corrected chi connectivity index (χ3v) is 7.71. The number of fused-ring (bicyclic) bond motifs is 1. The summed E-state index contributed by atoms with van der Waals surface area (Å²) in [5.41, 5.74) is -0.509. The van der Waals surface area contributed by atoms with E-state index in [1.54, 1.807) is 0 Å². The topological polar surface area (TPSA) is 233 Å². The van der Waals surface area contributed by atoms with E-state index in [0.717, 1.165) is 6.33 Å². The number of imidazole rings is 1. The molecule has 0 bridgehead atoms. The van der Waals surface area contributed by atoms with Crippen LogP contribution in [0.4, 0.5) is 0 Å². The number of hydrogen-bond acceptors (Lipinski definition) is 12. The van der Waals surface area contributed by atoms with Crippen LogP contribution in [0.5, 0.6) is 0 Å². The van der Waals surface area contributed by atoms with Gasteiger partial charge in [0.1, 0.15) is 29.9 Å². The Hall–Kier alpha value is -1.55. The first-order valence-corrected chi connectivity index (χ1v) is 13.5. The van der Waals surface area contributed by atoms with Crippen molar-refractivity contribution in [2.75, 3.05) is 19.1 Å². The molecule has 0 aromatic carbocycles. The molecule has 2 aromatic heterocycles. The van der Waals surface area contributed by atoms with Crippen molar-refractivity contribution in [1.29, 1.82) is 0 Å². The quantitative estimate of drug-likeness (QED) is 0.129. The van der Waals surface area contributed by atoms with Crippen LogP contribution < -0.4 is 5.56 Å². The van der Waals surface area contributed by atoms with Gasteiger partial charge in [-0.3, -0.25) is 23.2 Å². The van der Waals surface area contributed by atoms with Gasteiger partial charge in [0, 0.05) is 6.42 Å². The van der Waals surface area contributed by atoms with Crippen LogP contribution in [0.1, 0.15) is 24.9 Å². The fourth-order valence-electron chi connectivity index (χ4n) is 3.18. The summed E-state index contributed by atoms with van der Waals surface area (Å²) in [6.45, 7) is 0.244. The molecule has 0 amide bonds. The number of aryl methyl sites for hydroxylation is 1. The summed E-state index contributed by atoms with van der Waals surface area (Å²) in [5.74, 6) is -0.294. The number of ketones is 1. The fraction of sp³-hybridized carbons (Fsp3) is 0.625. The summed E-state index contributed by atoms with van der Waals surface area (Å²) in [7, 11) is -10.2. The predicted octanol–water partition coefficient (Wildman–Crippen LogP) is -0.114. The third kappa shape index (κ3) is 7.02. The minimum Gasteiger partial charge on any atom is -0.387 e. The minimum absolute atomic E-state index is 0.0145. The van der Waals surface area contributed by atoms with Crippen molar-refractivity contribution >= 4 is 44.2 Å².